The maximum absolute atomic E-state index is 11.7. The summed E-state index contributed by atoms with van der Waals surface area (Å²) in [6.45, 7) is -0.159. The van der Waals surface area contributed by atoms with E-state index in [4.69, 9.17) is 0 Å². The van der Waals surface area contributed by atoms with Crippen molar-refractivity contribution in [2.45, 2.75) is 18.1 Å². The largest absolute Gasteiger partial charge is 0.413 e. The summed E-state index contributed by atoms with van der Waals surface area (Å²) in [5, 5.41) is -0.403. The molecule has 0 aliphatic rings. The molecule has 0 radical (unpaired) electrons. The maximum Gasteiger partial charge on any atom is 0.413 e. The van der Waals surface area contributed by atoms with Crippen LogP contribution in [0.25, 0.3) is 0 Å². The standard InChI is InChI=1S/C7H10F3N3O3S/c1-5-11-6(3-13(5)2)17(14,15)12-16-4-7(8,9)10/h3,12H,4H2,1-2H3. The van der Waals surface area contributed by atoms with E-state index in [0.29, 0.717) is 5.82 Å². The van der Waals surface area contributed by atoms with Crippen molar-refractivity contribution in [1.82, 2.24) is 14.4 Å². The van der Waals surface area contributed by atoms with Gasteiger partial charge in [0.1, 0.15) is 5.82 Å². The third kappa shape index (κ3) is 3.98. The van der Waals surface area contributed by atoms with E-state index in [9.17, 15) is 21.6 Å². The number of aryl methyl sites for hydroxylation is 2. The molecule has 1 N–H and O–H groups in total. The van der Waals surface area contributed by atoms with E-state index < -0.39 is 27.8 Å². The monoisotopic (exact) mass is 273 g/mol. The zero-order valence-corrected chi connectivity index (χ0v) is 9.76. The highest BCUT2D eigenvalue weighted by Crippen LogP contribution is 2.14. The lowest BCUT2D eigenvalue weighted by Crippen LogP contribution is -2.29. The van der Waals surface area contributed by atoms with Crippen LogP contribution < -0.4 is 4.89 Å². The molecule has 17 heavy (non-hydrogen) atoms. The molecule has 0 aliphatic carbocycles. The van der Waals surface area contributed by atoms with Crippen LogP contribution in [0.2, 0.25) is 0 Å². The van der Waals surface area contributed by atoms with Crippen molar-refractivity contribution in [2.24, 2.45) is 7.05 Å². The Morgan fingerprint density at radius 2 is 2.12 bits per heavy atom. The second kappa shape index (κ2) is 4.63. The van der Waals surface area contributed by atoms with Crippen LogP contribution in [0.1, 0.15) is 5.82 Å². The molecule has 0 fully saturated rings. The van der Waals surface area contributed by atoms with Gasteiger partial charge >= 0.3 is 6.18 Å². The van der Waals surface area contributed by atoms with Crippen LogP contribution in [0.15, 0.2) is 11.2 Å². The first kappa shape index (κ1) is 13.9. The van der Waals surface area contributed by atoms with Crippen molar-refractivity contribution in [3.05, 3.63) is 12.0 Å². The van der Waals surface area contributed by atoms with E-state index in [0.717, 1.165) is 6.20 Å². The number of sulfonamides is 1. The summed E-state index contributed by atoms with van der Waals surface area (Å²) < 4.78 is 59.4. The highest BCUT2D eigenvalue weighted by Gasteiger charge is 2.29. The zero-order chi connectivity index (χ0) is 13.3. The molecule has 98 valence electrons. The first-order valence-corrected chi connectivity index (χ1v) is 5.80. The molecule has 6 nitrogen and oxygen atoms in total. The lowest BCUT2D eigenvalue weighted by Gasteiger charge is -2.07. The normalized spacial score (nSPS) is 13.0. The number of nitrogens with one attached hydrogen (secondary N) is 1. The molecule has 0 spiro atoms. The first-order chi connectivity index (χ1) is 7.62. The van der Waals surface area contributed by atoms with E-state index in [1.165, 1.54) is 9.45 Å². The van der Waals surface area contributed by atoms with Crippen LogP contribution in [0.5, 0.6) is 0 Å². The van der Waals surface area contributed by atoms with Gasteiger partial charge in [0.15, 0.2) is 11.6 Å². The molecule has 0 aliphatic heterocycles. The van der Waals surface area contributed by atoms with Crippen molar-refractivity contribution in [3.8, 4) is 0 Å². The summed E-state index contributed by atoms with van der Waals surface area (Å²) in [7, 11) is -2.64. The Morgan fingerprint density at radius 1 is 1.53 bits per heavy atom. The summed E-state index contributed by atoms with van der Waals surface area (Å²) in [4.78, 5) is 8.85. The number of halogens is 3. The average molecular weight is 273 g/mol. The first-order valence-electron chi connectivity index (χ1n) is 4.32. The van der Waals surface area contributed by atoms with Crippen molar-refractivity contribution in [2.75, 3.05) is 6.61 Å². The van der Waals surface area contributed by atoms with Gasteiger partial charge in [0, 0.05) is 13.2 Å². The molecule has 0 aromatic carbocycles. The van der Waals surface area contributed by atoms with Crippen LogP contribution in [0.4, 0.5) is 13.2 Å². The summed E-state index contributed by atoms with van der Waals surface area (Å²) in [6.07, 6.45) is -3.45. The number of alkyl halides is 3. The SMILES string of the molecule is Cc1nc(S(=O)(=O)NOCC(F)(F)F)cn1C. The molecule has 1 heterocycles. The predicted octanol–water partition coefficient (Wildman–Crippen LogP) is 0.501. The number of hydrogen-bond acceptors (Lipinski definition) is 4. The van der Waals surface area contributed by atoms with Crippen LogP contribution in [0.3, 0.4) is 0 Å². The van der Waals surface area contributed by atoms with E-state index in [1.54, 1.807) is 14.0 Å². The maximum atomic E-state index is 11.7. The Morgan fingerprint density at radius 3 is 2.53 bits per heavy atom. The van der Waals surface area contributed by atoms with E-state index in [1.807, 2.05) is 0 Å². The van der Waals surface area contributed by atoms with Gasteiger partial charge in [-0.15, -0.1) is 0 Å². The zero-order valence-electron chi connectivity index (χ0n) is 8.95. The van der Waals surface area contributed by atoms with Crippen molar-refractivity contribution in [1.29, 1.82) is 0 Å². The fraction of sp³-hybridized carbons (Fsp3) is 0.571. The van der Waals surface area contributed by atoms with Gasteiger partial charge in [-0.25, -0.2) is 13.4 Å². The van der Waals surface area contributed by atoms with Crippen LogP contribution in [-0.2, 0) is 21.9 Å². The van der Waals surface area contributed by atoms with Crippen LogP contribution in [0, 0.1) is 6.92 Å². The van der Waals surface area contributed by atoms with Crippen molar-refractivity contribution < 1.29 is 26.4 Å². The Bertz CT molecular complexity index is 475. The lowest BCUT2D eigenvalue weighted by molar-refractivity contribution is -0.181. The molecule has 0 unspecified atom stereocenters. The van der Waals surface area contributed by atoms with Gasteiger partial charge in [-0.1, -0.05) is 4.89 Å². The van der Waals surface area contributed by atoms with Gasteiger partial charge in [-0.3, -0.25) is 4.84 Å². The van der Waals surface area contributed by atoms with Crippen molar-refractivity contribution in [3.63, 3.8) is 0 Å². The highest BCUT2D eigenvalue weighted by molar-refractivity contribution is 7.89. The quantitative estimate of drug-likeness (QED) is 0.811. The predicted molar refractivity (Wildman–Crippen MR) is 50.3 cm³/mol. The van der Waals surface area contributed by atoms with Gasteiger partial charge in [0.05, 0.1) is 0 Å². The molecular weight excluding hydrogens is 263 g/mol. The Balaban J connectivity index is 2.70. The minimum Gasteiger partial charge on any atom is -0.337 e. The molecule has 1 rings (SSSR count). The van der Waals surface area contributed by atoms with Gasteiger partial charge in [0.25, 0.3) is 10.0 Å². The third-order valence-electron chi connectivity index (χ3n) is 1.77. The molecule has 1 aromatic heterocycles. The summed E-state index contributed by atoms with van der Waals surface area (Å²) >= 11 is 0. The lowest BCUT2D eigenvalue weighted by atomic mass is 10.7. The molecule has 0 atom stereocenters. The number of hydrogen-bond donors (Lipinski definition) is 1. The summed E-state index contributed by atoms with van der Waals surface area (Å²) in [5.74, 6) is 0.404. The molecule has 10 heteroatoms. The second-order valence-electron chi connectivity index (χ2n) is 3.23. The smallest absolute Gasteiger partial charge is 0.337 e. The fourth-order valence-corrected chi connectivity index (χ4v) is 1.74. The van der Waals surface area contributed by atoms with E-state index >= 15 is 0 Å². The number of imidazole rings is 1. The molecular formula is C7H10F3N3O3S. The van der Waals surface area contributed by atoms with Gasteiger partial charge in [0.2, 0.25) is 0 Å². The molecule has 0 saturated heterocycles. The second-order valence-corrected chi connectivity index (χ2v) is 4.82. The van der Waals surface area contributed by atoms with Gasteiger partial charge in [-0.05, 0) is 6.92 Å². The number of nitrogens with zero attached hydrogens (tertiary/aromatic N) is 2. The summed E-state index contributed by atoms with van der Waals surface area (Å²) in [5.41, 5.74) is 0. The van der Waals surface area contributed by atoms with Crippen LogP contribution in [-0.4, -0.2) is 30.8 Å². The Kier molecular flexibility index (Phi) is 3.79. The third-order valence-corrected chi connectivity index (χ3v) is 2.85. The number of aromatic nitrogens is 2. The minimum atomic E-state index is -4.61. The van der Waals surface area contributed by atoms with Gasteiger partial charge < -0.3 is 4.57 Å². The van der Waals surface area contributed by atoms with E-state index in [2.05, 4.69) is 9.82 Å². The van der Waals surface area contributed by atoms with Gasteiger partial charge in [-0.2, -0.15) is 13.2 Å². The van der Waals surface area contributed by atoms with E-state index in [-0.39, 0.29) is 0 Å². The molecule has 0 bridgehead atoms. The van der Waals surface area contributed by atoms with Crippen molar-refractivity contribution >= 4 is 10.0 Å². The fourth-order valence-electron chi connectivity index (χ4n) is 0.887. The topological polar surface area (TPSA) is 73.2 Å². The minimum absolute atomic E-state index is 0.403. The molecule has 1 aromatic rings. The number of rotatable bonds is 4. The average Bonchev–Trinajstić information content (AvgIpc) is 2.45. The van der Waals surface area contributed by atoms with Crippen LogP contribution >= 0.6 is 0 Å². The highest BCUT2D eigenvalue weighted by atomic mass is 32.2. The Hall–Kier alpha value is -1.13. The molecule has 0 amide bonds. The Labute approximate surface area is 95.4 Å². The summed E-state index contributed by atoms with van der Waals surface area (Å²) in [6, 6.07) is 0. The molecule has 0 saturated carbocycles.